The molecule has 0 bridgehead atoms. The van der Waals surface area contributed by atoms with Crippen LogP contribution in [0.25, 0.3) is 0 Å². The van der Waals surface area contributed by atoms with Crippen LogP contribution in [0, 0.1) is 42.4 Å². The van der Waals surface area contributed by atoms with Gasteiger partial charge in [0.25, 0.3) is 0 Å². The maximum atomic E-state index is 12.7. The highest BCUT2D eigenvalue weighted by molar-refractivity contribution is 5.96. The molecule has 0 aliphatic heterocycles. The summed E-state index contributed by atoms with van der Waals surface area (Å²) in [5, 5.41) is 18.6. The summed E-state index contributed by atoms with van der Waals surface area (Å²) >= 11 is 0. The molecule has 1 unspecified atom stereocenters. The summed E-state index contributed by atoms with van der Waals surface area (Å²) < 4.78 is 5.14. The largest absolute Gasteiger partial charge is 0.497 e. The van der Waals surface area contributed by atoms with Crippen LogP contribution in [-0.4, -0.2) is 12.9 Å². The topological polar surface area (TPSA) is 73.9 Å². The van der Waals surface area contributed by atoms with E-state index in [0.29, 0.717) is 11.3 Å². The van der Waals surface area contributed by atoms with Gasteiger partial charge in [-0.25, -0.2) is 0 Å². The van der Waals surface area contributed by atoms with E-state index in [1.807, 2.05) is 38.1 Å². The van der Waals surface area contributed by atoms with Crippen molar-refractivity contribution in [2.75, 3.05) is 7.11 Å². The molecule has 0 amide bonds. The summed E-state index contributed by atoms with van der Waals surface area (Å²) in [7, 11) is 1.57. The molecule has 2 rings (SSSR count). The molecule has 0 radical (unpaired) electrons. The number of nitrogens with zero attached hydrogens (tertiary/aromatic N) is 2. The lowest BCUT2D eigenvalue weighted by Crippen LogP contribution is -2.15. The molecule has 4 nitrogen and oxygen atoms in total. The average Bonchev–Trinajstić information content (AvgIpc) is 2.64. The Balaban J connectivity index is 2.32. The minimum absolute atomic E-state index is 0.0700. The van der Waals surface area contributed by atoms with E-state index in [1.165, 1.54) is 0 Å². The van der Waals surface area contributed by atoms with E-state index < -0.39 is 11.8 Å². The number of rotatable bonds is 6. The number of carbonyl (C=O) groups excluding carboxylic acids is 1. The number of hydrogen-bond acceptors (Lipinski definition) is 4. The van der Waals surface area contributed by atoms with Crippen molar-refractivity contribution in [2.24, 2.45) is 5.92 Å². The van der Waals surface area contributed by atoms with Gasteiger partial charge in [-0.15, -0.1) is 0 Å². The molecule has 126 valence electrons. The van der Waals surface area contributed by atoms with Crippen molar-refractivity contribution in [2.45, 2.75) is 26.2 Å². The van der Waals surface area contributed by atoms with Gasteiger partial charge in [0.2, 0.25) is 0 Å². The van der Waals surface area contributed by atoms with Gasteiger partial charge in [-0.2, -0.15) is 10.5 Å². The standard InChI is InChI=1S/C21H20N2O2/c1-14-4-5-17(10-15(14)2)21(24)11-20(18(12-22)13-23)16-6-8-19(25-3)9-7-16/h4-10,18,20H,11H2,1-3H3. The number of nitriles is 2. The molecule has 2 aromatic carbocycles. The zero-order valence-corrected chi connectivity index (χ0v) is 14.6. The summed E-state index contributed by atoms with van der Waals surface area (Å²) in [6.07, 6.45) is 0.112. The highest BCUT2D eigenvalue weighted by Gasteiger charge is 2.26. The number of Topliss-reactive ketones (excluding diaryl/α,β-unsaturated/α-hetero) is 1. The van der Waals surface area contributed by atoms with Crippen molar-refractivity contribution in [3.8, 4) is 17.9 Å². The van der Waals surface area contributed by atoms with Crippen LogP contribution in [-0.2, 0) is 0 Å². The van der Waals surface area contributed by atoms with Crippen LogP contribution >= 0.6 is 0 Å². The Morgan fingerprint density at radius 3 is 2.20 bits per heavy atom. The Morgan fingerprint density at radius 2 is 1.68 bits per heavy atom. The first-order chi connectivity index (χ1) is 12.0. The molecule has 0 aliphatic carbocycles. The molecule has 0 heterocycles. The molecular weight excluding hydrogens is 312 g/mol. The molecule has 4 heteroatoms. The quantitative estimate of drug-likeness (QED) is 0.738. The van der Waals surface area contributed by atoms with Gasteiger partial charge in [0.1, 0.15) is 11.7 Å². The second-order valence-electron chi connectivity index (χ2n) is 6.04. The maximum absolute atomic E-state index is 12.7. The molecule has 0 fully saturated rings. The second kappa shape index (κ2) is 8.13. The van der Waals surface area contributed by atoms with Gasteiger partial charge < -0.3 is 4.74 Å². The van der Waals surface area contributed by atoms with Crippen molar-refractivity contribution in [1.82, 2.24) is 0 Å². The van der Waals surface area contributed by atoms with Crippen LogP contribution in [0.4, 0.5) is 0 Å². The lowest BCUT2D eigenvalue weighted by molar-refractivity contribution is 0.0970. The predicted octanol–water partition coefficient (Wildman–Crippen LogP) is 4.33. The fourth-order valence-electron chi connectivity index (χ4n) is 2.72. The molecule has 0 spiro atoms. The van der Waals surface area contributed by atoms with Gasteiger partial charge in [0, 0.05) is 17.9 Å². The third-order valence-corrected chi connectivity index (χ3v) is 4.46. The van der Waals surface area contributed by atoms with E-state index in [-0.39, 0.29) is 12.2 Å². The first kappa shape index (κ1) is 18.2. The Kier molecular flexibility index (Phi) is 5.93. The van der Waals surface area contributed by atoms with Crippen LogP contribution in [0.5, 0.6) is 5.75 Å². The van der Waals surface area contributed by atoms with Crippen LogP contribution in [0.1, 0.15) is 39.4 Å². The first-order valence-corrected chi connectivity index (χ1v) is 8.03. The number of benzene rings is 2. The predicted molar refractivity (Wildman–Crippen MR) is 95.3 cm³/mol. The van der Waals surface area contributed by atoms with Crippen molar-refractivity contribution in [3.05, 3.63) is 64.7 Å². The molecular formula is C21H20N2O2. The second-order valence-corrected chi connectivity index (χ2v) is 6.04. The lowest BCUT2D eigenvalue weighted by Gasteiger charge is -2.18. The average molecular weight is 332 g/mol. The van der Waals surface area contributed by atoms with Crippen molar-refractivity contribution >= 4 is 5.78 Å². The van der Waals surface area contributed by atoms with Gasteiger partial charge in [0.05, 0.1) is 19.2 Å². The molecule has 1 atom stereocenters. The molecule has 0 N–H and O–H groups in total. The Morgan fingerprint density at radius 1 is 1.04 bits per heavy atom. The molecule has 0 aliphatic rings. The summed E-state index contributed by atoms with van der Waals surface area (Å²) in [6.45, 7) is 3.95. The lowest BCUT2D eigenvalue weighted by atomic mass is 9.82. The van der Waals surface area contributed by atoms with E-state index in [4.69, 9.17) is 4.74 Å². The van der Waals surface area contributed by atoms with Gasteiger partial charge in [0.15, 0.2) is 5.78 Å². The van der Waals surface area contributed by atoms with Crippen LogP contribution in [0.3, 0.4) is 0 Å². The molecule has 0 saturated heterocycles. The van der Waals surface area contributed by atoms with E-state index >= 15 is 0 Å². The normalized spacial score (nSPS) is 11.4. The highest BCUT2D eigenvalue weighted by Crippen LogP contribution is 2.30. The number of methoxy groups -OCH3 is 1. The first-order valence-electron chi connectivity index (χ1n) is 8.03. The molecule has 0 aromatic heterocycles. The SMILES string of the molecule is COc1ccc(C(CC(=O)c2ccc(C)c(C)c2)C(C#N)C#N)cc1. The maximum Gasteiger partial charge on any atom is 0.163 e. The van der Waals surface area contributed by atoms with Crippen LogP contribution in [0.2, 0.25) is 0 Å². The highest BCUT2D eigenvalue weighted by atomic mass is 16.5. The monoisotopic (exact) mass is 332 g/mol. The van der Waals surface area contributed by atoms with Crippen LogP contribution in [0.15, 0.2) is 42.5 Å². The number of aryl methyl sites for hydroxylation is 2. The van der Waals surface area contributed by atoms with E-state index in [9.17, 15) is 15.3 Å². The smallest absolute Gasteiger partial charge is 0.163 e. The number of carbonyl (C=O) groups is 1. The van der Waals surface area contributed by atoms with Crippen LogP contribution < -0.4 is 4.74 Å². The summed E-state index contributed by atoms with van der Waals surface area (Å²) in [6, 6.07) is 16.7. The minimum atomic E-state index is -0.885. The summed E-state index contributed by atoms with van der Waals surface area (Å²) in [5.74, 6) is -0.744. The summed E-state index contributed by atoms with van der Waals surface area (Å²) in [4.78, 5) is 12.7. The van der Waals surface area contributed by atoms with E-state index in [1.54, 1.807) is 37.4 Å². The third kappa shape index (κ3) is 4.25. The fraction of sp³-hybridized carbons (Fsp3) is 0.286. The number of hydrogen-bond donors (Lipinski definition) is 0. The third-order valence-electron chi connectivity index (χ3n) is 4.46. The Bertz CT molecular complexity index is 828. The van der Waals surface area contributed by atoms with Crippen molar-refractivity contribution in [3.63, 3.8) is 0 Å². The molecule has 2 aromatic rings. The summed E-state index contributed by atoms with van der Waals surface area (Å²) in [5.41, 5.74) is 3.56. The van der Waals surface area contributed by atoms with Gasteiger partial charge in [-0.3, -0.25) is 4.79 Å². The van der Waals surface area contributed by atoms with E-state index in [0.717, 1.165) is 16.7 Å². The molecule has 25 heavy (non-hydrogen) atoms. The Hall–Kier alpha value is -3.11. The number of ketones is 1. The molecule has 0 saturated carbocycles. The Labute approximate surface area is 148 Å². The van der Waals surface area contributed by atoms with Gasteiger partial charge in [-0.05, 0) is 48.7 Å². The van der Waals surface area contributed by atoms with Crippen molar-refractivity contribution < 1.29 is 9.53 Å². The number of ether oxygens (including phenoxy) is 1. The van der Waals surface area contributed by atoms with Gasteiger partial charge in [-0.1, -0.05) is 24.3 Å². The van der Waals surface area contributed by atoms with Crippen molar-refractivity contribution in [1.29, 1.82) is 10.5 Å². The fourth-order valence-corrected chi connectivity index (χ4v) is 2.72. The van der Waals surface area contributed by atoms with Gasteiger partial charge >= 0.3 is 0 Å². The van der Waals surface area contributed by atoms with E-state index in [2.05, 4.69) is 0 Å². The zero-order valence-electron chi connectivity index (χ0n) is 14.6. The zero-order chi connectivity index (χ0) is 18.4. The minimum Gasteiger partial charge on any atom is -0.497 e.